The normalized spacial score (nSPS) is 18.7. The summed E-state index contributed by atoms with van der Waals surface area (Å²) in [6.07, 6.45) is 2.14. The topological polar surface area (TPSA) is 61.8 Å². The summed E-state index contributed by atoms with van der Waals surface area (Å²) in [6.45, 7) is 4.54. The minimum Gasteiger partial charge on any atom is -0.504 e. The van der Waals surface area contributed by atoms with Crippen molar-refractivity contribution in [2.45, 2.75) is 25.8 Å². The summed E-state index contributed by atoms with van der Waals surface area (Å²) in [4.78, 5) is 14.5. The molecule has 2 rings (SSSR count). The van der Waals surface area contributed by atoms with E-state index < -0.39 is 17.5 Å². The highest BCUT2D eigenvalue weighted by Crippen LogP contribution is 2.30. The Morgan fingerprint density at radius 1 is 1.57 bits per heavy atom. The summed E-state index contributed by atoms with van der Waals surface area (Å²) in [6, 6.07) is 2.69. The fourth-order valence-corrected chi connectivity index (χ4v) is 2.78. The number of nitrogens with one attached hydrogen (secondary N) is 1. The smallest absolute Gasteiger partial charge is 0.259 e. The molecule has 1 fully saturated rings. The second-order valence-corrected chi connectivity index (χ2v) is 5.11. The number of methoxy groups -OCH3 is 1. The van der Waals surface area contributed by atoms with Gasteiger partial charge >= 0.3 is 0 Å². The molecule has 0 radical (unpaired) electrons. The number of nitrogens with zero attached hydrogens (tertiary/aromatic N) is 1. The average Bonchev–Trinajstić information content (AvgIpc) is 2.94. The van der Waals surface area contributed by atoms with Gasteiger partial charge in [-0.2, -0.15) is 0 Å². The number of ether oxygens (including phenoxy) is 1. The van der Waals surface area contributed by atoms with Gasteiger partial charge in [-0.25, -0.2) is 4.39 Å². The first-order valence-corrected chi connectivity index (χ1v) is 7.16. The number of amides is 1. The molecule has 116 valence electrons. The first kappa shape index (κ1) is 15.6. The van der Waals surface area contributed by atoms with Crippen molar-refractivity contribution in [2.75, 3.05) is 26.7 Å². The molecule has 0 aliphatic carbocycles. The Hall–Kier alpha value is -1.82. The van der Waals surface area contributed by atoms with Crippen LogP contribution in [-0.2, 0) is 0 Å². The third-order valence-corrected chi connectivity index (χ3v) is 3.94. The van der Waals surface area contributed by atoms with Gasteiger partial charge < -0.3 is 15.2 Å². The average molecular weight is 296 g/mol. The van der Waals surface area contributed by atoms with Crippen molar-refractivity contribution in [1.82, 2.24) is 10.2 Å². The molecule has 6 heteroatoms. The molecule has 2 N–H and O–H groups in total. The minimum atomic E-state index is -0.836. The maximum atomic E-state index is 13.4. The lowest BCUT2D eigenvalue weighted by Gasteiger charge is -2.23. The van der Waals surface area contributed by atoms with E-state index in [9.17, 15) is 14.3 Å². The van der Waals surface area contributed by atoms with Crippen molar-refractivity contribution in [2.24, 2.45) is 0 Å². The van der Waals surface area contributed by atoms with Crippen LogP contribution < -0.4 is 10.1 Å². The number of carbonyl (C=O) groups is 1. The Bertz CT molecular complexity index is 522. The highest BCUT2D eigenvalue weighted by molar-refractivity contribution is 5.99. The van der Waals surface area contributed by atoms with Crippen molar-refractivity contribution >= 4 is 5.91 Å². The van der Waals surface area contributed by atoms with Crippen molar-refractivity contribution in [3.05, 3.63) is 23.5 Å². The van der Waals surface area contributed by atoms with E-state index in [0.29, 0.717) is 12.6 Å². The first-order valence-electron chi connectivity index (χ1n) is 7.16. The SMILES string of the molecule is CCN1CCC[C@H]1CNC(=O)c1c(OC)ccc(F)c1O. The molecule has 1 heterocycles. The molecule has 1 aliphatic heterocycles. The Morgan fingerprint density at radius 2 is 2.33 bits per heavy atom. The number of benzene rings is 1. The summed E-state index contributed by atoms with van der Waals surface area (Å²) >= 11 is 0. The van der Waals surface area contributed by atoms with E-state index >= 15 is 0 Å². The Morgan fingerprint density at radius 3 is 3.00 bits per heavy atom. The number of carbonyl (C=O) groups excluding carboxylic acids is 1. The van der Waals surface area contributed by atoms with Gasteiger partial charge in [0, 0.05) is 12.6 Å². The number of aromatic hydroxyl groups is 1. The fourth-order valence-electron chi connectivity index (χ4n) is 2.78. The molecule has 0 spiro atoms. The maximum absolute atomic E-state index is 13.4. The van der Waals surface area contributed by atoms with E-state index in [-0.39, 0.29) is 11.3 Å². The van der Waals surface area contributed by atoms with Gasteiger partial charge in [0.2, 0.25) is 0 Å². The Labute approximate surface area is 123 Å². The molecule has 0 unspecified atom stereocenters. The quantitative estimate of drug-likeness (QED) is 0.869. The third kappa shape index (κ3) is 3.26. The van der Waals surface area contributed by atoms with Crippen LogP contribution in [-0.4, -0.2) is 48.7 Å². The van der Waals surface area contributed by atoms with Crippen LogP contribution in [0.1, 0.15) is 30.1 Å². The van der Waals surface area contributed by atoms with Crippen LogP contribution in [0.3, 0.4) is 0 Å². The maximum Gasteiger partial charge on any atom is 0.259 e. The molecular formula is C15H21FN2O3. The molecule has 1 amide bonds. The van der Waals surface area contributed by atoms with Gasteiger partial charge in [-0.05, 0) is 38.1 Å². The summed E-state index contributed by atoms with van der Waals surface area (Å²) in [5.74, 6) is -1.88. The lowest BCUT2D eigenvalue weighted by Crippen LogP contribution is -2.40. The summed E-state index contributed by atoms with van der Waals surface area (Å²) in [5.41, 5.74) is -0.154. The number of phenolic OH excluding ortho intramolecular Hbond substituents is 1. The van der Waals surface area contributed by atoms with Crippen molar-refractivity contribution in [1.29, 1.82) is 0 Å². The molecule has 5 nitrogen and oxygen atoms in total. The summed E-state index contributed by atoms with van der Waals surface area (Å²) in [5, 5.41) is 12.5. The van der Waals surface area contributed by atoms with Crippen LogP contribution in [0.4, 0.5) is 4.39 Å². The highest BCUT2D eigenvalue weighted by atomic mass is 19.1. The van der Waals surface area contributed by atoms with Crippen molar-refractivity contribution in [3.8, 4) is 11.5 Å². The van der Waals surface area contributed by atoms with E-state index in [4.69, 9.17) is 4.74 Å². The predicted octanol–water partition coefficient (Wildman–Crippen LogP) is 1.75. The van der Waals surface area contributed by atoms with Gasteiger partial charge in [0.1, 0.15) is 11.3 Å². The number of phenols is 1. The second-order valence-electron chi connectivity index (χ2n) is 5.11. The van der Waals surface area contributed by atoms with E-state index in [1.807, 2.05) is 0 Å². The molecule has 21 heavy (non-hydrogen) atoms. The molecule has 1 saturated heterocycles. The lowest BCUT2D eigenvalue weighted by atomic mass is 10.1. The van der Waals surface area contributed by atoms with Crippen LogP contribution >= 0.6 is 0 Å². The molecular weight excluding hydrogens is 275 g/mol. The van der Waals surface area contributed by atoms with Gasteiger partial charge in [-0.1, -0.05) is 6.92 Å². The zero-order chi connectivity index (χ0) is 15.4. The van der Waals surface area contributed by atoms with Crippen LogP contribution in [0.25, 0.3) is 0 Å². The zero-order valence-corrected chi connectivity index (χ0v) is 12.4. The zero-order valence-electron chi connectivity index (χ0n) is 12.4. The Balaban J connectivity index is 2.08. The monoisotopic (exact) mass is 296 g/mol. The van der Waals surface area contributed by atoms with Gasteiger partial charge in [0.15, 0.2) is 11.6 Å². The van der Waals surface area contributed by atoms with E-state index in [2.05, 4.69) is 17.1 Å². The van der Waals surface area contributed by atoms with Gasteiger partial charge in [-0.3, -0.25) is 9.69 Å². The molecule has 0 aromatic heterocycles. The number of likely N-dealkylation sites (tertiary alicyclic amines) is 1. The van der Waals surface area contributed by atoms with E-state index in [1.54, 1.807) is 0 Å². The standard InChI is InChI=1S/C15H21FN2O3/c1-3-18-8-4-5-10(18)9-17-15(20)13-12(21-2)7-6-11(16)14(13)19/h6-7,10,19H,3-5,8-9H2,1-2H3,(H,17,20)/t10-/m0/s1. The minimum absolute atomic E-state index is 0.154. The fraction of sp³-hybridized carbons (Fsp3) is 0.533. The van der Waals surface area contributed by atoms with Crippen LogP contribution in [0, 0.1) is 5.82 Å². The lowest BCUT2D eigenvalue weighted by molar-refractivity contribution is 0.0934. The van der Waals surface area contributed by atoms with Gasteiger partial charge in [-0.15, -0.1) is 0 Å². The van der Waals surface area contributed by atoms with Crippen LogP contribution in [0.15, 0.2) is 12.1 Å². The first-order chi connectivity index (χ1) is 10.1. The van der Waals surface area contributed by atoms with E-state index in [1.165, 1.54) is 13.2 Å². The molecule has 1 atom stereocenters. The number of rotatable bonds is 5. The number of halogens is 1. The molecule has 1 aromatic rings. The second kappa shape index (κ2) is 6.76. The third-order valence-electron chi connectivity index (χ3n) is 3.94. The number of hydrogen-bond acceptors (Lipinski definition) is 4. The van der Waals surface area contributed by atoms with Gasteiger partial charge in [0.25, 0.3) is 5.91 Å². The molecule has 0 bridgehead atoms. The highest BCUT2D eigenvalue weighted by Gasteiger charge is 2.25. The van der Waals surface area contributed by atoms with Crippen LogP contribution in [0.2, 0.25) is 0 Å². The molecule has 1 aromatic carbocycles. The van der Waals surface area contributed by atoms with Crippen molar-refractivity contribution in [3.63, 3.8) is 0 Å². The number of hydrogen-bond donors (Lipinski definition) is 2. The van der Waals surface area contributed by atoms with E-state index in [0.717, 1.165) is 32.0 Å². The van der Waals surface area contributed by atoms with Crippen molar-refractivity contribution < 1.29 is 19.0 Å². The Kier molecular flexibility index (Phi) is 5.01. The summed E-state index contributed by atoms with van der Waals surface area (Å²) in [7, 11) is 1.37. The number of likely N-dealkylation sites (N-methyl/N-ethyl adjacent to an activating group) is 1. The largest absolute Gasteiger partial charge is 0.504 e. The van der Waals surface area contributed by atoms with Crippen LogP contribution in [0.5, 0.6) is 11.5 Å². The summed E-state index contributed by atoms with van der Waals surface area (Å²) < 4.78 is 18.4. The predicted molar refractivity (Wildman–Crippen MR) is 77.2 cm³/mol. The van der Waals surface area contributed by atoms with Gasteiger partial charge in [0.05, 0.1) is 7.11 Å². The molecule has 0 saturated carbocycles. The molecule has 1 aliphatic rings.